The summed E-state index contributed by atoms with van der Waals surface area (Å²) in [6.45, 7) is 4.31. The van der Waals surface area contributed by atoms with Gasteiger partial charge in [-0.2, -0.15) is 0 Å². The number of rotatable bonds is 6. The number of para-hydroxylation sites is 1. The van der Waals surface area contributed by atoms with Crippen LogP contribution in [0, 0.1) is 5.82 Å². The lowest BCUT2D eigenvalue weighted by molar-refractivity contribution is 0.0922. The Morgan fingerprint density at radius 3 is 2.71 bits per heavy atom. The van der Waals surface area contributed by atoms with Gasteiger partial charge < -0.3 is 10.3 Å². The van der Waals surface area contributed by atoms with Gasteiger partial charge in [-0.25, -0.2) is 14.4 Å². The van der Waals surface area contributed by atoms with Crippen LogP contribution in [0.15, 0.2) is 47.4 Å². The van der Waals surface area contributed by atoms with Gasteiger partial charge in [0.2, 0.25) is 0 Å². The number of pyridine rings is 1. The van der Waals surface area contributed by atoms with E-state index in [0.717, 1.165) is 6.20 Å². The van der Waals surface area contributed by atoms with Gasteiger partial charge >= 0.3 is 0 Å². The second-order valence-electron chi connectivity index (χ2n) is 6.82. The molecule has 2 N–H and O–H groups in total. The molecule has 0 bridgehead atoms. The predicted molar refractivity (Wildman–Crippen MR) is 105 cm³/mol. The highest BCUT2D eigenvalue weighted by Gasteiger charge is 2.19. The molecule has 0 aliphatic carbocycles. The second-order valence-corrected chi connectivity index (χ2v) is 6.82. The van der Waals surface area contributed by atoms with Crippen LogP contribution < -0.4 is 10.9 Å². The average molecular weight is 383 g/mol. The van der Waals surface area contributed by atoms with Gasteiger partial charge in [-0.05, 0) is 45.2 Å². The number of aromatic nitrogens is 3. The van der Waals surface area contributed by atoms with E-state index < -0.39 is 5.82 Å². The Hall–Kier alpha value is -3.13. The highest BCUT2D eigenvalue weighted by Crippen LogP contribution is 2.16. The molecule has 0 saturated heterocycles. The van der Waals surface area contributed by atoms with Crippen molar-refractivity contribution in [1.82, 2.24) is 25.2 Å². The Labute approximate surface area is 161 Å². The number of hydrogen-bond acceptors (Lipinski definition) is 5. The van der Waals surface area contributed by atoms with Crippen LogP contribution in [0.2, 0.25) is 0 Å². The summed E-state index contributed by atoms with van der Waals surface area (Å²) in [7, 11) is 1.89. The lowest BCUT2D eigenvalue weighted by atomic mass is 10.2. The van der Waals surface area contributed by atoms with Gasteiger partial charge in [0.15, 0.2) is 0 Å². The van der Waals surface area contributed by atoms with E-state index in [0.29, 0.717) is 23.3 Å². The number of aromatic amines is 1. The number of H-pyrrole nitrogens is 1. The van der Waals surface area contributed by atoms with Crippen LogP contribution in [0.5, 0.6) is 0 Å². The van der Waals surface area contributed by atoms with E-state index in [-0.39, 0.29) is 29.2 Å². The van der Waals surface area contributed by atoms with Gasteiger partial charge in [0.05, 0.1) is 23.1 Å². The number of likely N-dealkylation sites (N-methyl/N-ethyl adjacent to an activating group) is 1. The van der Waals surface area contributed by atoms with E-state index in [1.165, 1.54) is 12.1 Å². The largest absolute Gasteiger partial charge is 0.347 e. The van der Waals surface area contributed by atoms with E-state index in [1.807, 2.05) is 31.9 Å². The topological polar surface area (TPSA) is 91.0 Å². The van der Waals surface area contributed by atoms with E-state index >= 15 is 0 Å². The Kier molecular flexibility index (Phi) is 5.79. The molecule has 0 fully saturated rings. The molecule has 2 aromatic heterocycles. The zero-order valence-electron chi connectivity index (χ0n) is 15.9. The smallest absolute Gasteiger partial charge is 0.270 e. The fourth-order valence-corrected chi connectivity index (χ4v) is 2.95. The summed E-state index contributed by atoms with van der Waals surface area (Å²) in [6, 6.07) is 9.36. The third-order valence-corrected chi connectivity index (χ3v) is 4.59. The minimum Gasteiger partial charge on any atom is -0.347 e. The van der Waals surface area contributed by atoms with E-state index in [2.05, 4.69) is 20.3 Å². The molecule has 146 valence electrons. The van der Waals surface area contributed by atoms with Crippen LogP contribution in [0.3, 0.4) is 0 Å². The molecule has 0 aliphatic heterocycles. The van der Waals surface area contributed by atoms with Crippen molar-refractivity contribution in [2.24, 2.45) is 0 Å². The van der Waals surface area contributed by atoms with Crippen LogP contribution in [0.4, 0.5) is 4.39 Å². The summed E-state index contributed by atoms with van der Waals surface area (Å²) in [5.41, 5.74) is 0.624. The molecule has 1 aromatic carbocycles. The second kappa shape index (κ2) is 8.26. The lowest BCUT2D eigenvalue weighted by Gasteiger charge is -2.27. The maximum Gasteiger partial charge on any atom is 0.270 e. The van der Waals surface area contributed by atoms with E-state index in [9.17, 15) is 14.0 Å². The van der Waals surface area contributed by atoms with Gasteiger partial charge in [-0.15, -0.1) is 0 Å². The SMILES string of the molecule is CC(CN(C)C(C)c1nc2ccccc2c(=O)[nH]1)NC(=O)c1ccc(F)cn1. The molecule has 2 heterocycles. The summed E-state index contributed by atoms with van der Waals surface area (Å²) < 4.78 is 12.9. The first-order valence-electron chi connectivity index (χ1n) is 8.96. The molecule has 0 aliphatic rings. The van der Waals surface area contributed by atoms with Crippen molar-refractivity contribution in [3.05, 3.63) is 70.3 Å². The predicted octanol–water partition coefficient (Wildman–Crippen LogP) is 2.27. The highest BCUT2D eigenvalue weighted by atomic mass is 19.1. The van der Waals surface area contributed by atoms with Gasteiger partial charge in [0.1, 0.15) is 17.3 Å². The number of carbonyl (C=O) groups is 1. The first kappa shape index (κ1) is 19.6. The number of benzene rings is 1. The molecule has 0 spiro atoms. The summed E-state index contributed by atoms with van der Waals surface area (Å²) in [5, 5.41) is 3.39. The minimum absolute atomic E-state index is 0.157. The summed E-state index contributed by atoms with van der Waals surface area (Å²) in [4.78, 5) is 37.6. The van der Waals surface area contributed by atoms with E-state index in [1.54, 1.807) is 18.2 Å². The molecule has 7 nitrogen and oxygen atoms in total. The van der Waals surface area contributed by atoms with Crippen LogP contribution in [-0.4, -0.2) is 45.4 Å². The van der Waals surface area contributed by atoms with Crippen molar-refractivity contribution in [3.8, 4) is 0 Å². The Balaban J connectivity index is 1.66. The standard InChI is InChI=1S/C20H22FN5O2/c1-12(23-20(28)17-9-8-14(21)10-22-17)11-26(3)13(2)18-24-16-7-5-4-6-15(16)19(27)25-18/h4-10,12-13H,11H2,1-3H3,(H,23,28)(H,24,25,27). The molecule has 3 rings (SSSR count). The quantitative estimate of drug-likeness (QED) is 0.681. The molecule has 1 amide bonds. The number of hydrogen-bond donors (Lipinski definition) is 2. The molecule has 28 heavy (non-hydrogen) atoms. The first-order chi connectivity index (χ1) is 13.3. The summed E-state index contributed by atoms with van der Waals surface area (Å²) in [6.07, 6.45) is 1.01. The Bertz CT molecular complexity index is 1030. The van der Waals surface area contributed by atoms with E-state index in [4.69, 9.17) is 0 Å². The first-order valence-corrected chi connectivity index (χ1v) is 8.96. The van der Waals surface area contributed by atoms with Gasteiger partial charge in [-0.3, -0.25) is 14.5 Å². The maximum absolute atomic E-state index is 12.9. The zero-order chi connectivity index (χ0) is 20.3. The molecule has 8 heteroatoms. The minimum atomic E-state index is -0.491. The van der Waals surface area contributed by atoms with Gasteiger partial charge in [-0.1, -0.05) is 12.1 Å². The molecule has 3 aromatic rings. The normalized spacial score (nSPS) is 13.5. The molecular weight excluding hydrogens is 361 g/mol. The Morgan fingerprint density at radius 1 is 1.25 bits per heavy atom. The molecule has 0 saturated carbocycles. The number of nitrogens with one attached hydrogen (secondary N) is 2. The lowest BCUT2D eigenvalue weighted by Crippen LogP contribution is -2.42. The van der Waals surface area contributed by atoms with Crippen LogP contribution in [0.25, 0.3) is 10.9 Å². The van der Waals surface area contributed by atoms with Crippen molar-refractivity contribution in [2.45, 2.75) is 25.9 Å². The monoisotopic (exact) mass is 383 g/mol. The summed E-state index contributed by atoms with van der Waals surface area (Å²) >= 11 is 0. The van der Waals surface area contributed by atoms with Gasteiger partial charge in [0.25, 0.3) is 11.5 Å². The number of amides is 1. The van der Waals surface area contributed by atoms with Crippen molar-refractivity contribution < 1.29 is 9.18 Å². The molecule has 2 atom stereocenters. The number of fused-ring (bicyclic) bond motifs is 1. The number of nitrogens with zero attached hydrogens (tertiary/aromatic N) is 3. The van der Waals surface area contributed by atoms with Gasteiger partial charge in [0, 0.05) is 12.6 Å². The maximum atomic E-state index is 12.9. The molecule has 0 radical (unpaired) electrons. The fourth-order valence-electron chi connectivity index (χ4n) is 2.95. The highest BCUT2D eigenvalue weighted by molar-refractivity contribution is 5.92. The average Bonchev–Trinajstić information content (AvgIpc) is 2.67. The van der Waals surface area contributed by atoms with Crippen molar-refractivity contribution in [2.75, 3.05) is 13.6 Å². The van der Waals surface area contributed by atoms with Crippen LogP contribution >= 0.6 is 0 Å². The Morgan fingerprint density at radius 2 is 2.00 bits per heavy atom. The third kappa shape index (κ3) is 4.40. The summed E-state index contributed by atoms with van der Waals surface area (Å²) in [5.74, 6) is -0.300. The fraction of sp³-hybridized carbons (Fsp3) is 0.300. The molecule has 2 unspecified atom stereocenters. The zero-order valence-corrected chi connectivity index (χ0v) is 15.9. The third-order valence-electron chi connectivity index (χ3n) is 4.59. The van der Waals surface area contributed by atoms with Crippen LogP contribution in [-0.2, 0) is 0 Å². The van der Waals surface area contributed by atoms with Crippen LogP contribution in [0.1, 0.15) is 36.2 Å². The van der Waals surface area contributed by atoms with Crippen molar-refractivity contribution in [1.29, 1.82) is 0 Å². The molecular formula is C20H22FN5O2. The van der Waals surface area contributed by atoms with Crippen molar-refractivity contribution >= 4 is 16.8 Å². The van der Waals surface area contributed by atoms with Crippen molar-refractivity contribution in [3.63, 3.8) is 0 Å². The number of halogens is 1. The number of carbonyl (C=O) groups excluding carboxylic acids is 1.